The lowest BCUT2D eigenvalue weighted by Crippen LogP contribution is -2.28. The molecule has 0 aliphatic heterocycles. The van der Waals surface area contributed by atoms with E-state index in [0.717, 1.165) is 18.4 Å². The van der Waals surface area contributed by atoms with Crippen molar-refractivity contribution >= 4 is 0 Å². The van der Waals surface area contributed by atoms with Crippen LogP contribution < -0.4 is 5.73 Å². The fourth-order valence-electron chi connectivity index (χ4n) is 1.44. The van der Waals surface area contributed by atoms with Crippen molar-refractivity contribution in [3.8, 4) is 0 Å². The summed E-state index contributed by atoms with van der Waals surface area (Å²) in [5, 5.41) is 0. The molecule has 1 rings (SSSR count). The maximum atomic E-state index is 12.7. The molecule has 1 atom stereocenters. The van der Waals surface area contributed by atoms with E-state index in [1.165, 1.54) is 12.1 Å². The van der Waals surface area contributed by atoms with Crippen molar-refractivity contribution in [3.05, 3.63) is 35.6 Å². The van der Waals surface area contributed by atoms with Gasteiger partial charge in [-0.15, -0.1) is 0 Å². The SMILES string of the molecule is CCC(C)(CN)Cc1ccc(F)cc1. The van der Waals surface area contributed by atoms with Crippen LogP contribution in [-0.4, -0.2) is 6.54 Å². The Morgan fingerprint density at radius 1 is 1.29 bits per heavy atom. The summed E-state index contributed by atoms with van der Waals surface area (Å²) in [7, 11) is 0. The standard InChI is InChI=1S/C12H18FN/c1-3-12(2,9-14)8-10-4-6-11(13)7-5-10/h4-7H,3,8-9,14H2,1-2H3. The Morgan fingerprint density at radius 2 is 1.86 bits per heavy atom. The predicted octanol–water partition coefficient (Wildman–Crippen LogP) is 2.74. The summed E-state index contributed by atoms with van der Waals surface area (Å²) in [6, 6.07) is 6.67. The Bertz CT molecular complexity index is 275. The smallest absolute Gasteiger partial charge is 0.123 e. The summed E-state index contributed by atoms with van der Waals surface area (Å²) in [5.41, 5.74) is 7.01. The van der Waals surface area contributed by atoms with Crippen molar-refractivity contribution in [1.29, 1.82) is 0 Å². The van der Waals surface area contributed by atoms with Crippen LogP contribution in [0.25, 0.3) is 0 Å². The molecule has 0 aromatic heterocycles. The topological polar surface area (TPSA) is 26.0 Å². The first-order chi connectivity index (χ1) is 6.59. The maximum Gasteiger partial charge on any atom is 0.123 e. The zero-order chi connectivity index (χ0) is 10.6. The van der Waals surface area contributed by atoms with Gasteiger partial charge < -0.3 is 5.73 Å². The van der Waals surface area contributed by atoms with Crippen LogP contribution in [0.4, 0.5) is 4.39 Å². The Kier molecular flexibility index (Phi) is 3.64. The Morgan fingerprint density at radius 3 is 2.29 bits per heavy atom. The lowest BCUT2D eigenvalue weighted by Gasteiger charge is -2.26. The summed E-state index contributed by atoms with van der Waals surface area (Å²) < 4.78 is 12.7. The van der Waals surface area contributed by atoms with E-state index in [4.69, 9.17) is 5.73 Å². The van der Waals surface area contributed by atoms with E-state index < -0.39 is 0 Å². The first-order valence-corrected chi connectivity index (χ1v) is 5.04. The molecule has 14 heavy (non-hydrogen) atoms. The molecule has 0 amide bonds. The Balaban J connectivity index is 2.72. The Hall–Kier alpha value is -0.890. The van der Waals surface area contributed by atoms with Gasteiger partial charge in [0.1, 0.15) is 5.82 Å². The highest BCUT2D eigenvalue weighted by molar-refractivity contribution is 5.17. The lowest BCUT2D eigenvalue weighted by atomic mass is 9.81. The molecular formula is C12H18FN. The molecule has 1 unspecified atom stereocenters. The number of hydrogen-bond acceptors (Lipinski definition) is 1. The molecule has 1 aromatic rings. The average Bonchev–Trinajstić information content (AvgIpc) is 2.21. The highest BCUT2D eigenvalue weighted by atomic mass is 19.1. The van der Waals surface area contributed by atoms with Gasteiger partial charge in [-0.25, -0.2) is 4.39 Å². The van der Waals surface area contributed by atoms with Crippen LogP contribution >= 0.6 is 0 Å². The molecule has 0 saturated carbocycles. The molecule has 0 heterocycles. The van der Waals surface area contributed by atoms with Gasteiger partial charge in [-0.2, -0.15) is 0 Å². The second-order valence-electron chi connectivity index (χ2n) is 4.17. The molecule has 0 saturated heterocycles. The van der Waals surface area contributed by atoms with Gasteiger partial charge in [0.25, 0.3) is 0 Å². The number of nitrogens with two attached hydrogens (primary N) is 1. The third-order valence-electron chi connectivity index (χ3n) is 2.89. The number of rotatable bonds is 4. The van der Waals surface area contributed by atoms with Crippen LogP contribution in [0.1, 0.15) is 25.8 Å². The van der Waals surface area contributed by atoms with Crippen molar-refractivity contribution in [2.24, 2.45) is 11.1 Å². The molecule has 2 heteroatoms. The second kappa shape index (κ2) is 4.56. The van der Waals surface area contributed by atoms with Gasteiger partial charge in [0.15, 0.2) is 0 Å². The van der Waals surface area contributed by atoms with Crippen molar-refractivity contribution < 1.29 is 4.39 Å². The summed E-state index contributed by atoms with van der Waals surface area (Å²) >= 11 is 0. The van der Waals surface area contributed by atoms with Crippen LogP contribution in [0.3, 0.4) is 0 Å². The van der Waals surface area contributed by atoms with Crippen LogP contribution in [-0.2, 0) is 6.42 Å². The van der Waals surface area contributed by atoms with Crippen LogP contribution in [0.5, 0.6) is 0 Å². The quantitative estimate of drug-likeness (QED) is 0.785. The van der Waals surface area contributed by atoms with E-state index in [9.17, 15) is 4.39 Å². The first-order valence-electron chi connectivity index (χ1n) is 5.04. The van der Waals surface area contributed by atoms with Gasteiger partial charge >= 0.3 is 0 Å². The zero-order valence-electron chi connectivity index (χ0n) is 8.89. The molecule has 0 fully saturated rings. The van der Waals surface area contributed by atoms with E-state index in [0.29, 0.717) is 6.54 Å². The summed E-state index contributed by atoms with van der Waals surface area (Å²) in [6.07, 6.45) is 1.96. The lowest BCUT2D eigenvalue weighted by molar-refractivity contribution is 0.320. The van der Waals surface area contributed by atoms with E-state index in [1.807, 2.05) is 12.1 Å². The highest BCUT2D eigenvalue weighted by Crippen LogP contribution is 2.24. The molecule has 0 bridgehead atoms. The van der Waals surface area contributed by atoms with Crippen LogP contribution in [0, 0.1) is 11.2 Å². The average molecular weight is 195 g/mol. The molecule has 2 N–H and O–H groups in total. The van der Waals surface area contributed by atoms with Crippen molar-refractivity contribution in [2.45, 2.75) is 26.7 Å². The molecule has 0 spiro atoms. The van der Waals surface area contributed by atoms with E-state index >= 15 is 0 Å². The molecule has 1 nitrogen and oxygen atoms in total. The third-order valence-corrected chi connectivity index (χ3v) is 2.89. The zero-order valence-corrected chi connectivity index (χ0v) is 8.89. The van der Waals surface area contributed by atoms with Crippen molar-refractivity contribution in [3.63, 3.8) is 0 Å². The molecule has 0 aliphatic rings. The van der Waals surface area contributed by atoms with Crippen LogP contribution in [0.2, 0.25) is 0 Å². The molecule has 0 aliphatic carbocycles. The van der Waals surface area contributed by atoms with Gasteiger partial charge in [-0.3, -0.25) is 0 Å². The van der Waals surface area contributed by atoms with E-state index in [1.54, 1.807) is 0 Å². The number of benzene rings is 1. The first kappa shape index (κ1) is 11.2. The van der Waals surface area contributed by atoms with Gasteiger partial charge in [0, 0.05) is 0 Å². The largest absolute Gasteiger partial charge is 0.330 e. The van der Waals surface area contributed by atoms with Gasteiger partial charge in [-0.05, 0) is 42.5 Å². The minimum atomic E-state index is -0.181. The summed E-state index contributed by atoms with van der Waals surface area (Å²) in [5.74, 6) is -0.181. The molecular weight excluding hydrogens is 177 g/mol. The number of halogens is 1. The molecule has 78 valence electrons. The van der Waals surface area contributed by atoms with E-state index in [2.05, 4.69) is 13.8 Å². The minimum absolute atomic E-state index is 0.137. The van der Waals surface area contributed by atoms with Gasteiger partial charge in [0.05, 0.1) is 0 Å². The van der Waals surface area contributed by atoms with Crippen molar-refractivity contribution in [1.82, 2.24) is 0 Å². The summed E-state index contributed by atoms with van der Waals surface area (Å²) in [6.45, 7) is 4.97. The normalized spacial score (nSPS) is 15.1. The number of hydrogen-bond donors (Lipinski definition) is 1. The van der Waals surface area contributed by atoms with E-state index in [-0.39, 0.29) is 11.2 Å². The summed E-state index contributed by atoms with van der Waals surface area (Å²) in [4.78, 5) is 0. The van der Waals surface area contributed by atoms with Crippen molar-refractivity contribution in [2.75, 3.05) is 6.54 Å². The van der Waals surface area contributed by atoms with Crippen LogP contribution in [0.15, 0.2) is 24.3 Å². The fraction of sp³-hybridized carbons (Fsp3) is 0.500. The highest BCUT2D eigenvalue weighted by Gasteiger charge is 2.20. The monoisotopic (exact) mass is 195 g/mol. The minimum Gasteiger partial charge on any atom is -0.330 e. The fourth-order valence-corrected chi connectivity index (χ4v) is 1.44. The Labute approximate surface area is 85.1 Å². The predicted molar refractivity (Wildman–Crippen MR) is 57.6 cm³/mol. The third kappa shape index (κ3) is 2.81. The second-order valence-corrected chi connectivity index (χ2v) is 4.17. The molecule has 0 radical (unpaired) electrons. The van der Waals surface area contributed by atoms with Gasteiger partial charge in [0.2, 0.25) is 0 Å². The molecule has 1 aromatic carbocycles. The maximum absolute atomic E-state index is 12.7. The van der Waals surface area contributed by atoms with Gasteiger partial charge in [-0.1, -0.05) is 26.0 Å².